The molecule has 0 unspecified atom stereocenters. The van der Waals surface area contributed by atoms with Crippen molar-refractivity contribution in [2.75, 3.05) is 38.0 Å². The Morgan fingerprint density at radius 3 is 2.65 bits per heavy atom. The van der Waals surface area contributed by atoms with E-state index in [1.54, 1.807) is 12.0 Å². The summed E-state index contributed by atoms with van der Waals surface area (Å²) in [7, 11) is -1.51. The summed E-state index contributed by atoms with van der Waals surface area (Å²) >= 11 is 1.83. The average molecular weight is 279 g/mol. The molecule has 7 heteroatoms. The van der Waals surface area contributed by atoms with E-state index in [9.17, 15) is 13.2 Å². The van der Waals surface area contributed by atoms with Gasteiger partial charge < -0.3 is 9.64 Å². The van der Waals surface area contributed by atoms with Crippen molar-refractivity contribution in [3.63, 3.8) is 0 Å². The van der Waals surface area contributed by atoms with E-state index in [0.29, 0.717) is 13.1 Å². The highest BCUT2D eigenvalue weighted by Gasteiger charge is 2.50. The van der Waals surface area contributed by atoms with Gasteiger partial charge in [0, 0.05) is 32.2 Å². The zero-order chi connectivity index (χ0) is 12.7. The van der Waals surface area contributed by atoms with E-state index < -0.39 is 9.84 Å². The van der Waals surface area contributed by atoms with Crippen molar-refractivity contribution >= 4 is 27.5 Å². The van der Waals surface area contributed by atoms with Gasteiger partial charge in [0.1, 0.15) is 5.75 Å². The maximum absolute atomic E-state index is 11.6. The highest BCUT2D eigenvalue weighted by molar-refractivity contribution is 8.01. The summed E-state index contributed by atoms with van der Waals surface area (Å²) in [6.07, 6.45) is 2.31. The zero-order valence-corrected chi connectivity index (χ0v) is 11.6. The van der Waals surface area contributed by atoms with Gasteiger partial charge in [-0.3, -0.25) is 4.79 Å². The van der Waals surface area contributed by atoms with Crippen LogP contribution in [0.2, 0.25) is 0 Å². The first kappa shape index (κ1) is 13.2. The molecule has 2 rings (SSSR count). The quantitative estimate of drug-likeness (QED) is 0.714. The number of carbonyl (C=O) groups excluding carboxylic acids is 1. The summed E-state index contributed by atoms with van der Waals surface area (Å²) in [5.74, 6) is 0.311. The molecular formula is C10H17NO4S2. The van der Waals surface area contributed by atoms with Crippen LogP contribution in [0.1, 0.15) is 6.42 Å². The van der Waals surface area contributed by atoms with E-state index in [2.05, 4.69) is 0 Å². The molecule has 2 heterocycles. The van der Waals surface area contributed by atoms with Crippen LogP contribution in [0.15, 0.2) is 0 Å². The second-order valence-electron chi connectivity index (χ2n) is 4.88. The summed E-state index contributed by atoms with van der Waals surface area (Å²) < 4.78 is 27.5. The largest absolute Gasteiger partial charge is 0.381 e. The van der Waals surface area contributed by atoms with E-state index >= 15 is 0 Å². The molecule has 0 N–H and O–H groups in total. The van der Waals surface area contributed by atoms with Crippen LogP contribution in [-0.4, -0.2) is 68.0 Å². The lowest BCUT2D eigenvalue weighted by atomic mass is 9.93. The van der Waals surface area contributed by atoms with Crippen LogP contribution in [0.25, 0.3) is 0 Å². The number of rotatable bonds is 3. The third-order valence-corrected chi connectivity index (χ3v) is 5.55. The molecule has 2 aliphatic rings. The molecule has 0 aromatic rings. The van der Waals surface area contributed by atoms with Crippen LogP contribution in [0.5, 0.6) is 0 Å². The topological polar surface area (TPSA) is 63.7 Å². The highest BCUT2D eigenvalue weighted by atomic mass is 32.2. The molecule has 1 spiro atoms. The van der Waals surface area contributed by atoms with Gasteiger partial charge in [0.05, 0.1) is 10.9 Å². The Morgan fingerprint density at radius 1 is 1.53 bits per heavy atom. The molecule has 0 saturated carbocycles. The van der Waals surface area contributed by atoms with Crippen molar-refractivity contribution in [1.82, 2.24) is 4.90 Å². The van der Waals surface area contributed by atoms with Crippen molar-refractivity contribution in [3.05, 3.63) is 0 Å². The predicted molar refractivity (Wildman–Crippen MR) is 66.9 cm³/mol. The van der Waals surface area contributed by atoms with E-state index in [1.165, 1.54) is 0 Å². The van der Waals surface area contributed by atoms with Crippen molar-refractivity contribution in [2.24, 2.45) is 0 Å². The standard InChI is InChI=1S/C10H17NO4S2/c1-15-8-3-10(16-4-8)6-11(7-10)9(12)5-17(2,13)14/h8H,3-7H2,1-2H3/t8-/m1/s1. The third kappa shape index (κ3) is 2.95. The molecule has 2 aliphatic heterocycles. The fourth-order valence-corrected chi connectivity index (χ4v) is 4.54. The number of likely N-dealkylation sites (tertiary alicyclic amines) is 1. The minimum atomic E-state index is -3.22. The Morgan fingerprint density at radius 2 is 2.18 bits per heavy atom. The van der Waals surface area contributed by atoms with Crippen molar-refractivity contribution in [1.29, 1.82) is 0 Å². The van der Waals surface area contributed by atoms with Crippen LogP contribution in [-0.2, 0) is 19.4 Å². The van der Waals surface area contributed by atoms with Gasteiger partial charge in [-0.2, -0.15) is 0 Å². The minimum Gasteiger partial charge on any atom is -0.381 e. The van der Waals surface area contributed by atoms with E-state index in [-0.39, 0.29) is 22.5 Å². The maximum atomic E-state index is 11.6. The molecule has 5 nitrogen and oxygen atoms in total. The van der Waals surface area contributed by atoms with E-state index in [0.717, 1.165) is 18.4 Å². The molecular weight excluding hydrogens is 262 g/mol. The molecule has 17 heavy (non-hydrogen) atoms. The van der Waals surface area contributed by atoms with Gasteiger partial charge in [-0.05, 0) is 6.42 Å². The maximum Gasteiger partial charge on any atom is 0.237 e. The number of carbonyl (C=O) groups is 1. The first-order valence-corrected chi connectivity index (χ1v) is 8.50. The number of nitrogens with zero attached hydrogens (tertiary/aromatic N) is 1. The van der Waals surface area contributed by atoms with E-state index in [1.807, 2.05) is 11.8 Å². The fourth-order valence-electron chi connectivity index (χ4n) is 2.32. The van der Waals surface area contributed by atoms with Crippen LogP contribution in [0, 0.1) is 0 Å². The van der Waals surface area contributed by atoms with Gasteiger partial charge >= 0.3 is 0 Å². The Labute approximate surface area is 106 Å². The molecule has 0 radical (unpaired) electrons. The molecule has 98 valence electrons. The van der Waals surface area contributed by atoms with Gasteiger partial charge in [-0.25, -0.2) is 8.42 Å². The molecule has 0 aliphatic carbocycles. The number of amides is 1. The molecule has 1 amide bonds. The predicted octanol–water partition coefficient (Wildman–Crippen LogP) is -0.236. The molecule has 1 atom stereocenters. The third-order valence-electron chi connectivity index (χ3n) is 3.20. The number of ether oxygens (including phenoxy) is 1. The summed E-state index contributed by atoms with van der Waals surface area (Å²) in [6.45, 7) is 1.32. The van der Waals surface area contributed by atoms with E-state index in [4.69, 9.17) is 4.74 Å². The van der Waals surface area contributed by atoms with Crippen LogP contribution >= 0.6 is 11.8 Å². The Hall–Kier alpha value is -0.270. The zero-order valence-electron chi connectivity index (χ0n) is 10.0. The summed E-state index contributed by atoms with van der Waals surface area (Å²) in [4.78, 5) is 13.3. The number of hydrogen-bond donors (Lipinski definition) is 0. The smallest absolute Gasteiger partial charge is 0.237 e. The lowest BCUT2D eigenvalue weighted by Gasteiger charge is -2.47. The molecule has 0 aromatic carbocycles. The average Bonchev–Trinajstić information content (AvgIpc) is 2.56. The monoisotopic (exact) mass is 279 g/mol. The SMILES string of the molecule is CO[C@H]1CSC2(C1)CN(C(=O)CS(C)(=O)=O)C2. The normalized spacial score (nSPS) is 27.2. The first-order chi connectivity index (χ1) is 7.84. The minimum absolute atomic E-state index is 0.119. The second-order valence-corrected chi connectivity index (χ2v) is 8.50. The lowest BCUT2D eigenvalue weighted by Crippen LogP contribution is -2.61. The van der Waals surface area contributed by atoms with Crippen molar-refractivity contribution in [3.8, 4) is 0 Å². The van der Waals surface area contributed by atoms with Gasteiger partial charge in [-0.1, -0.05) is 0 Å². The first-order valence-electron chi connectivity index (χ1n) is 5.46. The van der Waals surface area contributed by atoms with Crippen LogP contribution in [0.3, 0.4) is 0 Å². The summed E-state index contributed by atoms with van der Waals surface area (Å²) in [5.41, 5.74) is 0. The van der Waals surface area contributed by atoms with Crippen molar-refractivity contribution in [2.45, 2.75) is 17.3 Å². The highest BCUT2D eigenvalue weighted by Crippen LogP contribution is 2.45. The molecule has 2 saturated heterocycles. The summed E-state index contributed by atoms with van der Waals surface area (Å²) in [6, 6.07) is 0. The lowest BCUT2D eigenvalue weighted by molar-refractivity contribution is -0.133. The Bertz CT molecular complexity index is 414. The molecule has 0 aromatic heterocycles. The summed E-state index contributed by atoms with van der Waals surface area (Å²) in [5, 5.41) is 0. The van der Waals surface area contributed by atoms with Crippen LogP contribution < -0.4 is 0 Å². The molecule has 2 fully saturated rings. The Kier molecular flexibility index (Phi) is 3.44. The second kappa shape index (κ2) is 4.44. The van der Waals surface area contributed by atoms with Crippen LogP contribution in [0.4, 0.5) is 0 Å². The van der Waals surface area contributed by atoms with Gasteiger partial charge in [-0.15, -0.1) is 11.8 Å². The van der Waals surface area contributed by atoms with Gasteiger partial charge in [0.2, 0.25) is 5.91 Å². The Balaban J connectivity index is 1.85. The van der Waals surface area contributed by atoms with Gasteiger partial charge in [0.15, 0.2) is 9.84 Å². The number of hydrogen-bond acceptors (Lipinski definition) is 5. The number of methoxy groups -OCH3 is 1. The van der Waals surface area contributed by atoms with Gasteiger partial charge in [0.25, 0.3) is 0 Å². The fraction of sp³-hybridized carbons (Fsp3) is 0.900. The van der Waals surface area contributed by atoms with Crippen molar-refractivity contribution < 1.29 is 17.9 Å². The number of sulfone groups is 1. The number of thioether (sulfide) groups is 1. The molecule has 0 bridgehead atoms.